The first-order chi connectivity index (χ1) is 19.7. The average Bonchev–Trinajstić information content (AvgIpc) is 3.30. The van der Waals surface area contributed by atoms with E-state index < -0.39 is 64.8 Å². The van der Waals surface area contributed by atoms with Gasteiger partial charge in [-0.05, 0) is 62.6 Å². The number of carbonyl (C=O) groups is 1. The summed E-state index contributed by atoms with van der Waals surface area (Å²) in [6.07, 6.45) is -4.97. The summed E-state index contributed by atoms with van der Waals surface area (Å²) >= 11 is 0. The maximum Gasteiger partial charge on any atom is 0.335 e. The van der Waals surface area contributed by atoms with Gasteiger partial charge in [-0.15, -0.1) is 0 Å². The second-order valence-electron chi connectivity index (χ2n) is 14.7. The van der Waals surface area contributed by atoms with Crippen molar-refractivity contribution in [3.63, 3.8) is 0 Å². The van der Waals surface area contributed by atoms with Crippen molar-refractivity contribution in [1.82, 2.24) is 5.32 Å². The molecule has 11 heteroatoms. The van der Waals surface area contributed by atoms with Gasteiger partial charge in [-0.3, -0.25) is 0 Å². The van der Waals surface area contributed by atoms with Crippen LogP contribution in [0.15, 0.2) is 12.1 Å². The molecule has 3 aliphatic heterocycles. The SMILES string of the molecule is CO[C@@]12CC[C@]3(C[C@@H]1[C@](C)(O)C(C)(C)C)[C@H]1Cc4ccc(O[C@@H]5O[C@H](C(=O)O)[C@@H](O)[C@H](O)[C@H]5O)c5c4[C@@]3(CCN1)[C@H]2O5. The number of piperidine rings is 1. The van der Waals surface area contributed by atoms with E-state index in [0.29, 0.717) is 5.75 Å². The van der Waals surface area contributed by atoms with Gasteiger partial charge in [0.1, 0.15) is 30.0 Å². The lowest BCUT2D eigenvalue weighted by molar-refractivity contribution is -0.303. The Kier molecular flexibility index (Phi) is 6.03. The molecule has 232 valence electrons. The number of carboxylic acids is 1. The molecule has 2 spiro atoms. The number of fused-ring (bicyclic) bond motifs is 2. The lowest BCUT2D eigenvalue weighted by atomic mass is 9.33. The highest BCUT2D eigenvalue weighted by atomic mass is 16.7. The van der Waals surface area contributed by atoms with Crippen LogP contribution in [0.2, 0.25) is 0 Å². The zero-order chi connectivity index (χ0) is 30.2. The zero-order valence-corrected chi connectivity index (χ0v) is 24.8. The molecule has 1 aromatic carbocycles. The average molecular weight is 590 g/mol. The Morgan fingerprint density at radius 2 is 1.81 bits per heavy atom. The minimum absolute atomic E-state index is 0.192. The van der Waals surface area contributed by atoms with Crippen LogP contribution < -0.4 is 14.8 Å². The molecular weight excluding hydrogens is 546 g/mol. The molecule has 12 atom stereocenters. The highest BCUT2D eigenvalue weighted by Gasteiger charge is 2.81. The minimum atomic E-state index is -1.81. The molecule has 5 fully saturated rings. The second kappa shape index (κ2) is 8.80. The molecule has 3 saturated carbocycles. The molecule has 4 bridgehead atoms. The lowest BCUT2D eigenvalue weighted by Crippen LogP contribution is -2.83. The van der Waals surface area contributed by atoms with Crippen LogP contribution in [0.1, 0.15) is 64.5 Å². The highest BCUT2D eigenvalue weighted by molar-refractivity contribution is 5.73. The Bertz CT molecular complexity index is 1310. The maximum atomic E-state index is 12.2. The number of methoxy groups -OCH3 is 1. The van der Waals surface area contributed by atoms with Crippen molar-refractivity contribution in [2.75, 3.05) is 13.7 Å². The normalized spacial score (nSPS) is 46.4. The Balaban J connectivity index is 1.36. The number of hydrogen-bond donors (Lipinski definition) is 6. The molecule has 3 heterocycles. The number of benzene rings is 1. The van der Waals surface area contributed by atoms with E-state index in [0.717, 1.165) is 49.8 Å². The lowest BCUT2D eigenvalue weighted by Gasteiger charge is -2.74. The minimum Gasteiger partial charge on any atom is -0.482 e. The Labute approximate surface area is 245 Å². The van der Waals surface area contributed by atoms with E-state index in [1.165, 1.54) is 0 Å². The summed E-state index contributed by atoms with van der Waals surface area (Å²) in [5, 5.41) is 56.8. The fourth-order valence-corrected chi connectivity index (χ4v) is 9.88. The first kappa shape index (κ1) is 28.8. The van der Waals surface area contributed by atoms with Crippen LogP contribution in [-0.2, 0) is 26.1 Å². The highest BCUT2D eigenvalue weighted by Crippen LogP contribution is 2.77. The quantitative estimate of drug-likeness (QED) is 0.288. The van der Waals surface area contributed by atoms with Gasteiger partial charge in [0.15, 0.2) is 17.6 Å². The molecule has 0 aromatic heterocycles. The van der Waals surface area contributed by atoms with Crippen LogP contribution in [0.25, 0.3) is 0 Å². The van der Waals surface area contributed by atoms with E-state index in [2.05, 4.69) is 26.1 Å². The molecular formula is C31H43NO10. The Morgan fingerprint density at radius 1 is 1.07 bits per heavy atom. The molecule has 6 N–H and O–H groups in total. The molecule has 0 radical (unpaired) electrons. The van der Waals surface area contributed by atoms with Crippen molar-refractivity contribution >= 4 is 5.97 Å². The van der Waals surface area contributed by atoms with Crippen molar-refractivity contribution in [3.05, 3.63) is 23.3 Å². The molecule has 2 saturated heterocycles. The largest absolute Gasteiger partial charge is 0.482 e. The van der Waals surface area contributed by atoms with Crippen LogP contribution in [-0.4, -0.2) is 99.2 Å². The van der Waals surface area contributed by atoms with Gasteiger partial charge in [0.05, 0.1) is 5.60 Å². The monoisotopic (exact) mass is 589 g/mol. The zero-order valence-electron chi connectivity index (χ0n) is 24.8. The topological polar surface area (TPSA) is 167 Å². The van der Waals surface area contributed by atoms with Gasteiger partial charge in [0.2, 0.25) is 6.29 Å². The smallest absolute Gasteiger partial charge is 0.335 e. The van der Waals surface area contributed by atoms with Gasteiger partial charge in [0, 0.05) is 35.5 Å². The fraction of sp³-hybridized carbons (Fsp3) is 0.774. The molecule has 4 aliphatic carbocycles. The van der Waals surface area contributed by atoms with E-state index in [1.807, 2.05) is 13.0 Å². The number of aliphatic hydroxyl groups is 4. The van der Waals surface area contributed by atoms with Crippen LogP contribution in [0.5, 0.6) is 11.5 Å². The van der Waals surface area contributed by atoms with Gasteiger partial charge in [-0.25, -0.2) is 4.79 Å². The molecule has 11 nitrogen and oxygen atoms in total. The molecule has 7 aliphatic rings. The number of nitrogens with one attached hydrogen (secondary N) is 1. The summed E-state index contributed by atoms with van der Waals surface area (Å²) in [5.74, 6) is -0.895. The summed E-state index contributed by atoms with van der Waals surface area (Å²) in [4.78, 5) is 11.7. The van der Waals surface area contributed by atoms with E-state index in [-0.39, 0.29) is 23.1 Å². The van der Waals surface area contributed by atoms with Crippen molar-refractivity contribution in [2.24, 2.45) is 16.7 Å². The summed E-state index contributed by atoms with van der Waals surface area (Å²) in [6, 6.07) is 3.94. The third-order valence-corrected chi connectivity index (χ3v) is 12.4. The van der Waals surface area contributed by atoms with Gasteiger partial charge >= 0.3 is 5.97 Å². The summed E-state index contributed by atoms with van der Waals surface area (Å²) in [5.41, 5.74) is -0.637. The van der Waals surface area contributed by atoms with E-state index in [9.17, 15) is 30.3 Å². The van der Waals surface area contributed by atoms with E-state index in [4.69, 9.17) is 18.9 Å². The number of hydrogen-bond acceptors (Lipinski definition) is 10. The van der Waals surface area contributed by atoms with Crippen LogP contribution in [0.3, 0.4) is 0 Å². The molecule has 1 aromatic rings. The van der Waals surface area contributed by atoms with Crippen LogP contribution in [0.4, 0.5) is 0 Å². The number of carboxylic acid groups (broad SMARTS) is 1. The summed E-state index contributed by atoms with van der Waals surface area (Å²) < 4.78 is 25.1. The van der Waals surface area contributed by atoms with Crippen LogP contribution >= 0.6 is 0 Å². The van der Waals surface area contributed by atoms with Crippen molar-refractivity contribution in [3.8, 4) is 11.5 Å². The third kappa shape index (κ3) is 3.23. The second-order valence-corrected chi connectivity index (χ2v) is 14.7. The number of aliphatic carboxylic acids is 1. The van der Waals surface area contributed by atoms with Crippen molar-refractivity contribution in [1.29, 1.82) is 0 Å². The van der Waals surface area contributed by atoms with Gasteiger partial charge in [0.25, 0.3) is 0 Å². The van der Waals surface area contributed by atoms with Crippen molar-refractivity contribution < 1.29 is 49.3 Å². The van der Waals surface area contributed by atoms with Crippen LogP contribution in [0, 0.1) is 16.7 Å². The summed E-state index contributed by atoms with van der Waals surface area (Å²) in [7, 11) is 1.72. The first-order valence-corrected chi connectivity index (χ1v) is 15.1. The number of rotatable bonds is 5. The Hall–Kier alpha value is -1.99. The molecule has 42 heavy (non-hydrogen) atoms. The van der Waals surface area contributed by atoms with E-state index >= 15 is 0 Å². The number of ether oxygens (including phenoxy) is 4. The molecule has 0 amide bonds. The third-order valence-electron chi connectivity index (χ3n) is 12.4. The van der Waals surface area contributed by atoms with Gasteiger partial charge in [-0.1, -0.05) is 26.8 Å². The maximum absolute atomic E-state index is 12.2. The fourth-order valence-electron chi connectivity index (χ4n) is 9.88. The van der Waals surface area contributed by atoms with E-state index in [1.54, 1.807) is 13.2 Å². The molecule has 8 rings (SSSR count). The Morgan fingerprint density at radius 3 is 2.48 bits per heavy atom. The number of aliphatic hydroxyl groups excluding tert-OH is 3. The predicted octanol–water partition coefficient (Wildman–Crippen LogP) is 0.857. The molecule has 0 unspecified atom stereocenters. The standard InChI is InChI=1S/C31H43NO10/c1-27(2,3)28(4,38)16-13-29-8-9-31(16,39-5)26-30(29)10-11-32-17(29)12-14-6-7-15(22(42-26)18(14)30)40-25-21(35)19(33)20(34)23(41-25)24(36)37/h6-7,16-17,19-21,23,25-26,32-35,38H,8-13H2,1-5H3,(H,36,37)/t16-,17-,19+,20+,21-,23+,25-,26-,28+,29+,30+,31+/m1/s1. The predicted molar refractivity (Wildman–Crippen MR) is 147 cm³/mol. The summed E-state index contributed by atoms with van der Waals surface area (Å²) in [6.45, 7) is 8.92. The first-order valence-electron chi connectivity index (χ1n) is 15.1. The van der Waals surface area contributed by atoms with Crippen molar-refractivity contribution in [2.45, 2.75) is 119 Å². The van der Waals surface area contributed by atoms with Gasteiger partial charge < -0.3 is 49.8 Å². The van der Waals surface area contributed by atoms with Gasteiger partial charge in [-0.2, -0.15) is 0 Å².